The van der Waals surface area contributed by atoms with E-state index in [-0.39, 0.29) is 22.8 Å². The van der Waals surface area contributed by atoms with Gasteiger partial charge in [-0.05, 0) is 63.3 Å². The minimum atomic E-state index is -0.455. The summed E-state index contributed by atoms with van der Waals surface area (Å²) in [7, 11) is 0. The molecule has 1 unspecified atom stereocenters. The van der Waals surface area contributed by atoms with Crippen molar-refractivity contribution in [3.8, 4) is 0 Å². The first-order valence-electron chi connectivity index (χ1n) is 5.76. The second-order valence-electron chi connectivity index (χ2n) is 4.52. The number of ketones is 1. The van der Waals surface area contributed by atoms with Gasteiger partial charge in [-0.2, -0.15) is 0 Å². The molecule has 1 aliphatic carbocycles. The van der Waals surface area contributed by atoms with E-state index in [0.29, 0.717) is 16.2 Å². The van der Waals surface area contributed by atoms with Gasteiger partial charge in [0.05, 0.1) is 6.04 Å². The molecule has 6 heteroatoms. The Balaban J connectivity index is 2.03. The Bertz CT molecular complexity index is 477. The maximum absolute atomic E-state index is 13.4. The van der Waals surface area contributed by atoms with Crippen LogP contribution in [0.15, 0.2) is 15.3 Å². The van der Waals surface area contributed by atoms with E-state index < -0.39 is 5.82 Å². The van der Waals surface area contributed by atoms with E-state index in [1.165, 1.54) is 6.07 Å². The standard InChI is InChI=1S/C12H13Br2FN2O/c1-6(16-8-2-3-8)10(18)5-7-4-9(15)12(14)17-11(7)13/h4,6,8,16H,2-3,5H2,1H3. The Morgan fingerprint density at radius 2 is 2.22 bits per heavy atom. The smallest absolute Gasteiger partial charge is 0.156 e. The number of hydrogen-bond acceptors (Lipinski definition) is 3. The summed E-state index contributed by atoms with van der Waals surface area (Å²) in [6.45, 7) is 1.84. The van der Waals surface area contributed by atoms with Crippen LogP contribution in [0.2, 0.25) is 0 Å². The van der Waals surface area contributed by atoms with Crippen LogP contribution in [0.1, 0.15) is 25.3 Å². The average Bonchev–Trinajstić information content (AvgIpc) is 3.09. The quantitative estimate of drug-likeness (QED) is 0.799. The molecular weight excluding hydrogens is 367 g/mol. The van der Waals surface area contributed by atoms with Gasteiger partial charge in [0.1, 0.15) is 9.21 Å². The Hall–Kier alpha value is -0.330. The molecule has 0 bridgehead atoms. The summed E-state index contributed by atoms with van der Waals surface area (Å²) >= 11 is 6.24. The van der Waals surface area contributed by atoms with Crippen LogP contribution in [-0.2, 0) is 11.2 Å². The number of nitrogens with one attached hydrogen (secondary N) is 1. The van der Waals surface area contributed by atoms with Crippen molar-refractivity contribution < 1.29 is 9.18 Å². The normalized spacial score (nSPS) is 16.7. The van der Waals surface area contributed by atoms with E-state index in [4.69, 9.17) is 0 Å². The first kappa shape index (κ1) is 14.1. The first-order valence-corrected chi connectivity index (χ1v) is 7.35. The van der Waals surface area contributed by atoms with E-state index in [0.717, 1.165) is 12.8 Å². The van der Waals surface area contributed by atoms with Gasteiger partial charge < -0.3 is 5.32 Å². The molecule has 0 amide bonds. The van der Waals surface area contributed by atoms with Gasteiger partial charge in [0, 0.05) is 12.5 Å². The molecule has 1 saturated carbocycles. The maximum atomic E-state index is 13.4. The molecule has 18 heavy (non-hydrogen) atoms. The Kier molecular flexibility index (Phi) is 4.50. The highest BCUT2D eigenvalue weighted by atomic mass is 79.9. The summed E-state index contributed by atoms with van der Waals surface area (Å²) in [6, 6.07) is 1.62. The Labute approximate surface area is 122 Å². The van der Waals surface area contributed by atoms with Crippen molar-refractivity contribution in [2.24, 2.45) is 0 Å². The summed E-state index contributed by atoms with van der Waals surface area (Å²) in [5.74, 6) is -0.407. The van der Waals surface area contributed by atoms with E-state index in [1.807, 2.05) is 6.92 Å². The molecule has 0 radical (unpaired) electrons. The molecule has 98 valence electrons. The first-order chi connectivity index (χ1) is 8.47. The number of carbonyl (C=O) groups excluding carboxylic acids is 1. The number of rotatable bonds is 5. The van der Waals surface area contributed by atoms with Crippen LogP contribution in [0.4, 0.5) is 4.39 Å². The lowest BCUT2D eigenvalue weighted by Gasteiger charge is -2.12. The van der Waals surface area contributed by atoms with Crippen LogP contribution < -0.4 is 5.32 Å². The molecule has 0 aliphatic heterocycles. The number of hydrogen-bond donors (Lipinski definition) is 1. The number of nitrogens with zero attached hydrogens (tertiary/aromatic N) is 1. The van der Waals surface area contributed by atoms with Crippen molar-refractivity contribution in [1.29, 1.82) is 0 Å². The third kappa shape index (κ3) is 3.59. The summed E-state index contributed by atoms with van der Waals surface area (Å²) in [6.07, 6.45) is 2.45. The van der Waals surface area contributed by atoms with Crippen LogP contribution in [0, 0.1) is 5.82 Å². The lowest BCUT2D eigenvalue weighted by atomic mass is 10.1. The third-order valence-corrected chi connectivity index (χ3v) is 4.11. The minimum absolute atomic E-state index is 0.0473. The summed E-state index contributed by atoms with van der Waals surface area (Å²) in [4.78, 5) is 15.9. The van der Waals surface area contributed by atoms with Crippen molar-refractivity contribution in [2.75, 3.05) is 0 Å². The van der Waals surface area contributed by atoms with Crippen molar-refractivity contribution in [3.05, 3.63) is 26.7 Å². The minimum Gasteiger partial charge on any atom is -0.305 e. The molecule has 3 nitrogen and oxygen atoms in total. The molecule has 1 aromatic rings. The largest absolute Gasteiger partial charge is 0.305 e. The van der Waals surface area contributed by atoms with Gasteiger partial charge >= 0.3 is 0 Å². The molecule has 1 aliphatic rings. The van der Waals surface area contributed by atoms with Crippen LogP contribution >= 0.6 is 31.9 Å². The van der Waals surface area contributed by atoms with Crippen molar-refractivity contribution in [3.63, 3.8) is 0 Å². The maximum Gasteiger partial charge on any atom is 0.156 e. The van der Waals surface area contributed by atoms with E-state index >= 15 is 0 Å². The predicted octanol–water partition coefficient (Wildman–Crippen LogP) is 3.00. The fraction of sp³-hybridized carbons (Fsp3) is 0.500. The van der Waals surface area contributed by atoms with Gasteiger partial charge in [0.25, 0.3) is 0 Å². The molecule has 0 saturated heterocycles. The van der Waals surface area contributed by atoms with E-state index in [9.17, 15) is 9.18 Å². The summed E-state index contributed by atoms with van der Waals surface area (Å²) in [5, 5.41) is 3.23. The van der Waals surface area contributed by atoms with Crippen molar-refractivity contribution in [1.82, 2.24) is 10.3 Å². The Morgan fingerprint density at radius 1 is 1.56 bits per heavy atom. The summed E-state index contributed by atoms with van der Waals surface area (Å²) < 4.78 is 14.0. The molecule has 2 rings (SSSR count). The lowest BCUT2D eigenvalue weighted by molar-refractivity contribution is -0.120. The van der Waals surface area contributed by atoms with Crippen LogP contribution in [0.5, 0.6) is 0 Å². The number of carbonyl (C=O) groups is 1. The highest BCUT2D eigenvalue weighted by Gasteiger charge is 2.26. The average molecular weight is 380 g/mol. The fourth-order valence-electron chi connectivity index (χ4n) is 1.64. The lowest BCUT2D eigenvalue weighted by Crippen LogP contribution is -2.36. The third-order valence-electron chi connectivity index (χ3n) is 2.87. The van der Waals surface area contributed by atoms with Gasteiger partial charge in [-0.3, -0.25) is 4.79 Å². The SMILES string of the molecule is CC(NC1CC1)C(=O)Cc1cc(F)c(Br)nc1Br. The second-order valence-corrected chi connectivity index (χ2v) is 6.02. The van der Waals surface area contributed by atoms with Gasteiger partial charge in [0.15, 0.2) is 11.6 Å². The van der Waals surface area contributed by atoms with Crippen LogP contribution in [0.3, 0.4) is 0 Å². The zero-order valence-electron chi connectivity index (χ0n) is 9.84. The van der Waals surface area contributed by atoms with Gasteiger partial charge in [-0.15, -0.1) is 0 Å². The van der Waals surface area contributed by atoms with Crippen LogP contribution in [0.25, 0.3) is 0 Å². The number of pyridine rings is 1. The molecule has 1 fully saturated rings. The molecule has 1 heterocycles. The molecule has 1 aromatic heterocycles. The number of halogens is 3. The van der Waals surface area contributed by atoms with Gasteiger partial charge in [-0.25, -0.2) is 9.37 Å². The van der Waals surface area contributed by atoms with Crippen molar-refractivity contribution >= 4 is 37.6 Å². The molecule has 0 aromatic carbocycles. The molecule has 1 N–H and O–H groups in total. The number of Topliss-reactive ketones (excluding diaryl/α,β-unsaturated/α-hetero) is 1. The molecule has 1 atom stereocenters. The zero-order valence-corrected chi connectivity index (χ0v) is 13.0. The molecular formula is C12H13Br2FN2O. The molecule has 0 spiro atoms. The predicted molar refractivity (Wildman–Crippen MR) is 73.9 cm³/mol. The summed E-state index contributed by atoms with van der Waals surface area (Å²) in [5.41, 5.74) is 0.574. The van der Waals surface area contributed by atoms with Gasteiger partial charge in [-0.1, -0.05) is 0 Å². The zero-order chi connectivity index (χ0) is 13.3. The highest BCUT2D eigenvalue weighted by Crippen LogP contribution is 2.23. The Morgan fingerprint density at radius 3 is 2.83 bits per heavy atom. The fourth-order valence-corrected chi connectivity index (χ4v) is 2.61. The number of aromatic nitrogens is 1. The van der Waals surface area contributed by atoms with Gasteiger partial charge in [0.2, 0.25) is 0 Å². The van der Waals surface area contributed by atoms with E-state index in [2.05, 4.69) is 42.2 Å². The topological polar surface area (TPSA) is 42.0 Å². The second kappa shape index (κ2) is 5.75. The van der Waals surface area contributed by atoms with Crippen molar-refractivity contribution in [2.45, 2.75) is 38.3 Å². The highest BCUT2D eigenvalue weighted by molar-refractivity contribution is 9.11. The van der Waals surface area contributed by atoms with Crippen LogP contribution in [-0.4, -0.2) is 22.9 Å². The van der Waals surface area contributed by atoms with E-state index in [1.54, 1.807) is 0 Å². The monoisotopic (exact) mass is 378 g/mol.